The minimum Gasteiger partial charge on any atom is -0.0619 e. The first-order chi connectivity index (χ1) is 32.9. The average molecular weight is 871 g/mol. The van der Waals surface area contributed by atoms with Gasteiger partial charge in [-0.15, -0.1) is 0 Å². The predicted octanol–water partition coefficient (Wildman–Crippen LogP) is 18.9. The van der Waals surface area contributed by atoms with Crippen molar-refractivity contribution >= 4 is 43.1 Å². The molecule has 0 aliphatic heterocycles. The van der Waals surface area contributed by atoms with E-state index in [1.807, 2.05) is 0 Å². The smallest absolute Gasteiger partial charge is 0.0159 e. The molecule has 0 atom stereocenters. The summed E-state index contributed by atoms with van der Waals surface area (Å²) in [4.78, 5) is 0. The van der Waals surface area contributed by atoms with Gasteiger partial charge in [-0.3, -0.25) is 0 Å². The molecule has 0 unspecified atom stereocenters. The van der Waals surface area contributed by atoms with Crippen LogP contribution in [0.4, 0.5) is 0 Å². The summed E-state index contributed by atoms with van der Waals surface area (Å²) >= 11 is 0. The zero-order chi connectivity index (χ0) is 46.3. The molecule has 0 heterocycles. The third-order valence-electron chi connectivity index (χ3n) is 16.0. The van der Waals surface area contributed by atoms with Gasteiger partial charge in [0.05, 0.1) is 0 Å². The van der Waals surface area contributed by atoms with Gasteiger partial charge in [0.15, 0.2) is 0 Å². The minimum absolute atomic E-state index is 0.0748. The van der Waals surface area contributed by atoms with Crippen LogP contribution in [0, 0.1) is 0 Å². The van der Waals surface area contributed by atoms with Crippen molar-refractivity contribution in [1.82, 2.24) is 0 Å². The highest BCUT2D eigenvalue weighted by Gasteiger charge is 2.38. The van der Waals surface area contributed by atoms with Crippen LogP contribution in [0.15, 0.2) is 200 Å². The summed E-state index contributed by atoms with van der Waals surface area (Å²) in [6.45, 7) is 16.5. The second kappa shape index (κ2) is 14.5. The lowest BCUT2D eigenvalue weighted by Crippen LogP contribution is -2.15. The fourth-order valence-corrected chi connectivity index (χ4v) is 12.5. The lowest BCUT2D eigenvalue weighted by molar-refractivity contribution is 0.590. The van der Waals surface area contributed by atoms with E-state index in [2.05, 4.69) is 249 Å². The molecule has 326 valence electrons. The fraction of sp³-hybridized carbons (Fsp3) is 0.147. The standard InChI is InChI=1S/C68H54/c1-66(2,3)45-33-28-41(29-34-45)62-50-19-8-10-21-52(50)63(53-22-11-9-20-51(53)62)43-31-36-48-49-37-32-44(40-61(49)68(6,7)60(48)39-43)65-56-25-14-12-23-54(56)64(55-24-13-15-26-57(55)65)42-30-35-47-46-18-16-17-27-58(46)67(4,5)59(47)38-42/h8-40H,1-7H3. The molecule has 0 radical (unpaired) electrons. The number of hydrogen-bond donors (Lipinski definition) is 0. The molecule has 0 saturated carbocycles. The van der Waals surface area contributed by atoms with Crippen LogP contribution in [0.2, 0.25) is 0 Å². The predicted molar refractivity (Wildman–Crippen MR) is 292 cm³/mol. The molecule has 68 heavy (non-hydrogen) atoms. The molecule has 0 nitrogen and oxygen atoms in total. The largest absolute Gasteiger partial charge is 0.0619 e. The Hall–Kier alpha value is -7.54. The Bertz CT molecular complexity index is 3810. The summed E-state index contributed by atoms with van der Waals surface area (Å²) in [5, 5.41) is 10.3. The Labute approximate surface area is 400 Å². The summed E-state index contributed by atoms with van der Waals surface area (Å²) < 4.78 is 0. The molecule has 0 aromatic heterocycles. The van der Waals surface area contributed by atoms with E-state index in [-0.39, 0.29) is 16.2 Å². The average Bonchev–Trinajstić information content (AvgIpc) is 3.72. The second-order valence-electron chi connectivity index (χ2n) is 21.6. The Morgan fingerprint density at radius 1 is 0.265 bits per heavy atom. The van der Waals surface area contributed by atoms with E-state index in [0.717, 1.165) is 0 Å². The summed E-state index contributed by atoms with van der Waals surface area (Å²) in [6.07, 6.45) is 0. The van der Waals surface area contributed by atoms with E-state index in [9.17, 15) is 0 Å². The lowest BCUT2D eigenvalue weighted by atomic mass is 9.79. The van der Waals surface area contributed by atoms with Gasteiger partial charge in [-0.05, 0) is 161 Å². The van der Waals surface area contributed by atoms with Crippen molar-refractivity contribution in [3.8, 4) is 66.8 Å². The summed E-state index contributed by atoms with van der Waals surface area (Å²) in [5.74, 6) is 0. The third-order valence-corrected chi connectivity index (χ3v) is 16.0. The molecule has 0 heteroatoms. The van der Waals surface area contributed by atoms with Crippen molar-refractivity contribution in [3.63, 3.8) is 0 Å². The van der Waals surface area contributed by atoms with Gasteiger partial charge in [0.25, 0.3) is 0 Å². The molecule has 0 bridgehead atoms. The Balaban J connectivity index is 0.948. The maximum absolute atomic E-state index is 2.52. The van der Waals surface area contributed by atoms with E-state index in [1.54, 1.807) is 0 Å². The highest BCUT2D eigenvalue weighted by atomic mass is 14.4. The maximum atomic E-state index is 2.52. The summed E-state index contributed by atoms with van der Waals surface area (Å²) in [5.41, 5.74) is 22.3. The van der Waals surface area contributed by atoms with Gasteiger partial charge < -0.3 is 0 Å². The first-order valence-corrected chi connectivity index (χ1v) is 24.4. The molecule has 0 N–H and O–H groups in total. The van der Waals surface area contributed by atoms with Gasteiger partial charge in [0.2, 0.25) is 0 Å². The molecule has 11 aromatic carbocycles. The first kappa shape index (κ1) is 40.7. The van der Waals surface area contributed by atoms with Gasteiger partial charge in [-0.2, -0.15) is 0 Å². The Morgan fingerprint density at radius 2 is 0.529 bits per heavy atom. The number of benzene rings is 11. The van der Waals surface area contributed by atoms with E-state index < -0.39 is 0 Å². The van der Waals surface area contributed by atoms with Crippen molar-refractivity contribution < 1.29 is 0 Å². The van der Waals surface area contributed by atoms with Gasteiger partial charge in [-0.1, -0.05) is 230 Å². The summed E-state index contributed by atoms with van der Waals surface area (Å²) in [7, 11) is 0. The molecule has 2 aliphatic carbocycles. The van der Waals surface area contributed by atoms with Crippen molar-refractivity contribution in [2.75, 3.05) is 0 Å². The van der Waals surface area contributed by atoms with E-state index in [4.69, 9.17) is 0 Å². The Morgan fingerprint density at radius 3 is 0.868 bits per heavy atom. The molecule has 0 spiro atoms. The van der Waals surface area contributed by atoms with Crippen LogP contribution >= 0.6 is 0 Å². The van der Waals surface area contributed by atoms with Gasteiger partial charge in [-0.25, -0.2) is 0 Å². The first-order valence-electron chi connectivity index (χ1n) is 24.4. The van der Waals surface area contributed by atoms with E-state index in [1.165, 1.54) is 138 Å². The number of rotatable bonds is 4. The zero-order valence-electron chi connectivity index (χ0n) is 40.1. The van der Waals surface area contributed by atoms with Gasteiger partial charge in [0, 0.05) is 10.8 Å². The minimum atomic E-state index is -0.225. The van der Waals surface area contributed by atoms with Crippen LogP contribution in [0.5, 0.6) is 0 Å². The molecule has 0 amide bonds. The SMILES string of the molecule is CC(C)(C)c1ccc(-c2c3ccccc3c(-c3ccc4c(c3)C(C)(C)c3cc(-c5c6ccccc6c(-c6ccc7c(c6)C(C)(C)c6ccccc6-7)c6ccccc56)ccc3-4)c3ccccc23)cc1. The van der Waals surface area contributed by atoms with Crippen molar-refractivity contribution in [1.29, 1.82) is 0 Å². The van der Waals surface area contributed by atoms with Crippen LogP contribution in [0.1, 0.15) is 76.3 Å². The van der Waals surface area contributed by atoms with Crippen LogP contribution in [-0.4, -0.2) is 0 Å². The topological polar surface area (TPSA) is 0 Å². The molecular weight excluding hydrogens is 817 g/mol. The van der Waals surface area contributed by atoms with Crippen LogP contribution in [0.25, 0.3) is 110 Å². The second-order valence-corrected chi connectivity index (χ2v) is 21.6. The lowest BCUT2D eigenvalue weighted by Gasteiger charge is -2.24. The van der Waals surface area contributed by atoms with Crippen molar-refractivity contribution in [2.45, 2.75) is 64.7 Å². The number of fused-ring (bicyclic) bond motifs is 10. The highest BCUT2D eigenvalue weighted by Crippen LogP contribution is 2.55. The van der Waals surface area contributed by atoms with Gasteiger partial charge in [0.1, 0.15) is 0 Å². The molecule has 13 rings (SSSR count). The quantitative estimate of drug-likeness (QED) is 0.155. The zero-order valence-corrected chi connectivity index (χ0v) is 40.1. The molecule has 0 fully saturated rings. The normalized spacial score (nSPS) is 14.3. The van der Waals surface area contributed by atoms with Crippen molar-refractivity contribution in [3.05, 3.63) is 228 Å². The molecule has 2 aliphatic rings. The van der Waals surface area contributed by atoms with Crippen LogP contribution < -0.4 is 0 Å². The van der Waals surface area contributed by atoms with E-state index >= 15 is 0 Å². The van der Waals surface area contributed by atoms with Crippen molar-refractivity contribution in [2.24, 2.45) is 0 Å². The number of hydrogen-bond acceptors (Lipinski definition) is 0. The monoisotopic (exact) mass is 870 g/mol. The molecule has 0 saturated heterocycles. The highest BCUT2D eigenvalue weighted by molar-refractivity contribution is 6.23. The van der Waals surface area contributed by atoms with Crippen LogP contribution in [-0.2, 0) is 16.2 Å². The van der Waals surface area contributed by atoms with E-state index in [0.29, 0.717) is 0 Å². The fourth-order valence-electron chi connectivity index (χ4n) is 12.5. The summed E-state index contributed by atoms with van der Waals surface area (Å²) in [6, 6.07) is 76.3. The maximum Gasteiger partial charge on any atom is 0.0159 e. The van der Waals surface area contributed by atoms with Gasteiger partial charge >= 0.3 is 0 Å². The molecular formula is C68H54. The molecule has 11 aromatic rings. The third kappa shape index (κ3) is 5.80. The van der Waals surface area contributed by atoms with Crippen LogP contribution in [0.3, 0.4) is 0 Å². The Kier molecular flexibility index (Phi) is 8.67.